The summed E-state index contributed by atoms with van der Waals surface area (Å²) in [5, 5.41) is 3.04. The van der Waals surface area contributed by atoms with Crippen molar-refractivity contribution in [2.75, 3.05) is 13.1 Å². The van der Waals surface area contributed by atoms with Crippen molar-refractivity contribution in [1.29, 1.82) is 0 Å². The molecule has 3 heteroatoms. The van der Waals surface area contributed by atoms with E-state index in [0.717, 1.165) is 19.5 Å². The molecule has 1 amide bonds. The molecule has 1 saturated heterocycles. The van der Waals surface area contributed by atoms with E-state index < -0.39 is 0 Å². The number of hydrogen-bond acceptors (Lipinski definition) is 2. The van der Waals surface area contributed by atoms with Gasteiger partial charge < -0.3 is 5.32 Å². The number of carbonyl (C=O) groups excluding carboxylic acids is 1. The lowest BCUT2D eigenvalue weighted by atomic mass is 10.1. The van der Waals surface area contributed by atoms with Crippen molar-refractivity contribution in [3.05, 3.63) is 42.0 Å². The van der Waals surface area contributed by atoms with Crippen molar-refractivity contribution in [2.24, 2.45) is 0 Å². The summed E-state index contributed by atoms with van der Waals surface area (Å²) in [7, 11) is 0. The second-order valence-electron chi connectivity index (χ2n) is 5.66. The molecule has 0 bridgehead atoms. The third-order valence-electron chi connectivity index (χ3n) is 3.72. The Bertz CT molecular complexity index is 453. The molecule has 1 aromatic rings. The quantitative estimate of drug-likeness (QED) is 0.863. The molecule has 2 rings (SSSR count). The Kier molecular flexibility index (Phi) is 5.36. The second kappa shape index (κ2) is 7.25. The maximum atomic E-state index is 11.3. The minimum atomic E-state index is 0.193. The Morgan fingerprint density at radius 1 is 1.35 bits per heavy atom. The van der Waals surface area contributed by atoms with Gasteiger partial charge in [-0.25, -0.2) is 0 Å². The monoisotopic (exact) mass is 272 g/mol. The first-order valence-electron chi connectivity index (χ1n) is 7.40. The van der Waals surface area contributed by atoms with Gasteiger partial charge >= 0.3 is 0 Å². The van der Waals surface area contributed by atoms with Crippen LogP contribution in [0.4, 0.5) is 0 Å². The van der Waals surface area contributed by atoms with E-state index in [9.17, 15) is 4.79 Å². The first-order valence-corrected chi connectivity index (χ1v) is 7.40. The van der Waals surface area contributed by atoms with E-state index in [0.29, 0.717) is 18.5 Å². The lowest BCUT2D eigenvalue weighted by Crippen LogP contribution is -2.42. The molecule has 3 nitrogen and oxygen atoms in total. The van der Waals surface area contributed by atoms with E-state index in [4.69, 9.17) is 0 Å². The topological polar surface area (TPSA) is 32.3 Å². The average Bonchev–Trinajstić information content (AvgIpc) is 2.84. The zero-order chi connectivity index (χ0) is 14.4. The predicted octanol–water partition coefficient (Wildman–Crippen LogP) is 2.69. The Morgan fingerprint density at radius 3 is 2.70 bits per heavy atom. The summed E-state index contributed by atoms with van der Waals surface area (Å²) in [6, 6.07) is 11.1. The molecule has 1 heterocycles. The van der Waals surface area contributed by atoms with Crippen molar-refractivity contribution < 1.29 is 4.79 Å². The van der Waals surface area contributed by atoms with E-state index in [1.54, 1.807) is 0 Å². The Balaban J connectivity index is 1.86. The van der Waals surface area contributed by atoms with E-state index >= 15 is 0 Å². The molecule has 1 unspecified atom stereocenters. The number of carbonyl (C=O) groups is 1. The third-order valence-corrected chi connectivity index (χ3v) is 3.72. The molecule has 20 heavy (non-hydrogen) atoms. The van der Waals surface area contributed by atoms with Crippen molar-refractivity contribution in [3.63, 3.8) is 0 Å². The molecule has 1 atom stereocenters. The fraction of sp³-hybridized carbons (Fsp3) is 0.471. The van der Waals surface area contributed by atoms with Crippen LogP contribution < -0.4 is 5.32 Å². The average molecular weight is 272 g/mol. The molecule has 1 aromatic carbocycles. The third kappa shape index (κ3) is 4.49. The van der Waals surface area contributed by atoms with Crippen LogP contribution in [0.3, 0.4) is 0 Å². The van der Waals surface area contributed by atoms with Crippen molar-refractivity contribution in [3.8, 4) is 0 Å². The molecule has 0 aliphatic carbocycles. The van der Waals surface area contributed by atoms with Crippen LogP contribution in [-0.2, 0) is 4.79 Å². The smallest absolute Gasteiger partial charge is 0.220 e. The summed E-state index contributed by atoms with van der Waals surface area (Å²) in [6.07, 6.45) is 6.00. The first kappa shape index (κ1) is 14.8. The number of hydrogen-bond donors (Lipinski definition) is 1. The molecule has 0 saturated carbocycles. The molecule has 1 fully saturated rings. The molecular weight excluding hydrogens is 248 g/mol. The number of nitrogens with one attached hydrogen (secondary N) is 1. The van der Waals surface area contributed by atoms with Gasteiger partial charge in [0.05, 0.1) is 0 Å². The molecule has 1 N–H and O–H groups in total. The van der Waals surface area contributed by atoms with Gasteiger partial charge in [0, 0.05) is 31.6 Å². The maximum absolute atomic E-state index is 11.3. The first-order chi connectivity index (χ1) is 9.65. The van der Waals surface area contributed by atoms with E-state index in [-0.39, 0.29) is 5.91 Å². The highest BCUT2D eigenvalue weighted by Crippen LogP contribution is 2.11. The van der Waals surface area contributed by atoms with E-state index in [1.807, 2.05) is 18.2 Å². The fourth-order valence-corrected chi connectivity index (χ4v) is 2.48. The largest absolute Gasteiger partial charge is 0.352 e. The van der Waals surface area contributed by atoms with Crippen LogP contribution in [0, 0.1) is 0 Å². The molecule has 0 spiro atoms. The maximum Gasteiger partial charge on any atom is 0.220 e. The minimum Gasteiger partial charge on any atom is -0.352 e. The summed E-state index contributed by atoms with van der Waals surface area (Å²) in [5.41, 5.74) is 1.23. The second-order valence-corrected chi connectivity index (χ2v) is 5.66. The molecule has 0 aromatic heterocycles. The van der Waals surface area contributed by atoms with Crippen LogP contribution in [0.25, 0.3) is 6.08 Å². The van der Waals surface area contributed by atoms with Gasteiger partial charge in [-0.15, -0.1) is 0 Å². The standard InChI is InChI=1S/C17H24N2O/c1-14(2)19(13-16-10-11-17(20)18-16)12-6-9-15-7-4-3-5-8-15/h3-9,14,16H,10-13H2,1-2H3,(H,18,20)/b9-6+. The van der Waals surface area contributed by atoms with Crippen molar-refractivity contribution in [1.82, 2.24) is 10.2 Å². The molecule has 1 aliphatic rings. The Labute approximate surface area is 121 Å². The van der Waals surface area contributed by atoms with Gasteiger partial charge in [0.1, 0.15) is 0 Å². The van der Waals surface area contributed by atoms with Gasteiger partial charge in [-0.3, -0.25) is 9.69 Å². The summed E-state index contributed by atoms with van der Waals surface area (Å²) >= 11 is 0. The van der Waals surface area contributed by atoms with Crippen LogP contribution in [-0.4, -0.2) is 36.0 Å². The number of rotatable bonds is 6. The van der Waals surface area contributed by atoms with Crippen LogP contribution in [0.2, 0.25) is 0 Å². The summed E-state index contributed by atoms with van der Waals surface area (Å²) in [5.74, 6) is 0.193. The zero-order valence-corrected chi connectivity index (χ0v) is 12.4. The summed E-state index contributed by atoms with van der Waals surface area (Å²) in [6.45, 7) is 6.25. The number of benzene rings is 1. The van der Waals surface area contributed by atoms with Crippen molar-refractivity contribution in [2.45, 2.75) is 38.8 Å². The fourth-order valence-electron chi connectivity index (χ4n) is 2.48. The van der Waals surface area contributed by atoms with Gasteiger partial charge in [-0.2, -0.15) is 0 Å². The summed E-state index contributed by atoms with van der Waals surface area (Å²) < 4.78 is 0. The molecular formula is C17H24N2O. The van der Waals surface area contributed by atoms with Crippen molar-refractivity contribution >= 4 is 12.0 Å². The highest BCUT2D eigenvalue weighted by molar-refractivity contribution is 5.78. The predicted molar refractivity (Wildman–Crippen MR) is 83.3 cm³/mol. The SMILES string of the molecule is CC(C)N(C/C=C/c1ccccc1)CC1CCC(=O)N1. The molecule has 1 aliphatic heterocycles. The normalized spacial score (nSPS) is 19.2. The summed E-state index contributed by atoms with van der Waals surface area (Å²) in [4.78, 5) is 13.7. The molecule has 108 valence electrons. The molecule has 0 radical (unpaired) electrons. The Hall–Kier alpha value is -1.61. The van der Waals surface area contributed by atoms with Gasteiger partial charge in [-0.1, -0.05) is 42.5 Å². The van der Waals surface area contributed by atoms with E-state index in [1.165, 1.54) is 5.56 Å². The lowest BCUT2D eigenvalue weighted by molar-refractivity contribution is -0.119. The van der Waals surface area contributed by atoms with Crippen LogP contribution >= 0.6 is 0 Å². The Morgan fingerprint density at radius 2 is 2.10 bits per heavy atom. The van der Waals surface area contributed by atoms with Gasteiger partial charge in [0.25, 0.3) is 0 Å². The van der Waals surface area contributed by atoms with Gasteiger partial charge in [-0.05, 0) is 25.8 Å². The van der Waals surface area contributed by atoms with Gasteiger partial charge in [0.15, 0.2) is 0 Å². The highest BCUT2D eigenvalue weighted by atomic mass is 16.1. The highest BCUT2D eigenvalue weighted by Gasteiger charge is 2.23. The van der Waals surface area contributed by atoms with Crippen LogP contribution in [0.5, 0.6) is 0 Å². The zero-order valence-electron chi connectivity index (χ0n) is 12.4. The van der Waals surface area contributed by atoms with E-state index in [2.05, 4.69) is 48.3 Å². The minimum absolute atomic E-state index is 0.193. The number of nitrogens with zero attached hydrogens (tertiary/aromatic N) is 1. The lowest BCUT2D eigenvalue weighted by Gasteiger charge is -2.27. The van der Waals surface area contributed by atoms with Crippen LogP contribution in [0.15, 0.2) is 36.4 Å². The number of amides is 1. The van der Waals surface area contributed by atoms with Gasteiger partial charge in [0.2, 0.25) is 5.91 Å². The van der Waals surface area contributed by atoms with Crippen LogP contribution in [0.1, 0.15) is 32.3 Å².